The van der Waals surface area contributed by atoms with E-state index >= 15 is 0 Å². The van der Waals surface area contributed by atoms with E-state index in [1.807, 2.05) is 19.1 Å². The zero-order valence-corrected chi connectivity index (χ0v) is 12.7. The van der Waals surface area contributed by atoms with Crippen molar-refractivity contribution in [1.29, 1.82) is 0 Å². The number of pyridine rings is 1. The second-order valence-corrected chi connectivity index (χ2v) is 5.72. The van der Waals surface area contributed by atoms with Crippen molar-refractivity contribution in [3.8, 4) is 10.6 Å². The Morgan fingerprint density at radius 3 is 3.05 bits per heavy atom. The molecule has 0 aliphatic carbocycles. The molecular weight excluding hydrogens is 300 g/mol. The molecule has 1 N–H and O–H groups in total. The molecule has 0 aliphatic heterocycles. The maximum atomic E-state index is 11.8. The van der Waals surface area contributed by atoms with Gasteiger partial charge in [0.2, 0.25) is 5.91 Å². The monoisotopic (exact) mass is 314 g/mol. The molecule has 0 unspecified atom stereocenters. The average Bonchev–Trinajstić information content (AvgIpc) is 3.16. The highest BCUT2D eigenvalue weighted by Crippen LogP contribution is 2.27. The summed E-state index contributed by atoms with van der Waals surface area (Å²) in [7, 11) is 0. The number of aromatic nitrogens is 5. The highest BCUT2D eigenvalue weighted by atomic mass is 32.1. The number of carbonyl (C=O) groups excluding carboxylic acids is 1. The molecule has 3 heterocycles. The number of hydrogen-bond acceptors (Lipinski definition) is 6. The number of carbonyl (C=O) groups is 1. The smallest absolute Gasteiger partial charge is 0.242 e. The molecule has 22 heavy (non-hydrogen) atoms. The summed E-state index contributed by atoms with van der Waals surface area (Å²) >= 11 is 1.56. The van der Waals surface area contributed by atoms with Crippen LogP contribution in [-0.2, 0) is 17.9 Å². The van der Waals surface area contributed by atoms with Gasteiger partial charge in [-0.25, -0.2) is 14.6 Å². The van der Waals surface area contributed by atoms with Gasteiger partial charge in [-0.15, -0.1) is 11.3 Å². The van der Waals surface area contributed by atoms with Crippen LogP contribution in [0.1, 0.15) is 10.6 Å². The molecular formula is C14H14N6OS. The molecule has 0 radical (unpaired) electrons. The fraction of sp³-hybridized carbons (Fsp3) is 0.214. The van der Waals surface area contributed by atoms with Crippen LogP contribution >= 0.6 is 11.3 Å². The van der Waals surface area contributed by atoms with Gasteiger partial charge in [0.15, 0.2) is 0 Å². The topological polar surface area (TPSA) is 85.6 Å². The average molecular weight is 314 g/mol. The molecule has 0 atom stereocenters. The van der Waals surface area contributed by atoms with Crippen molar-refractivity contribution in [2.75, 3.05) is 0 Å². The van der Waals surface area contributed by atoms with Crippen molar-refractivity contribution in [3.63, 3.8) is 0 Å². The maximum Gasteiger partial charge on any atom is 0.242 e. The van der Waals surface area contributed by atoms with Crippen LogP contribution in [0.4, 0.5) is 0 Å². The molecule has 0 aromatic carbocycles. The Labute approximate surface area is 131 Å². The SMILES string of the molecule is Cc1nc(-c2cccnc2)sc1CNC(=O)Cn1cncn1. The number of nitrogens with one attached hydrogen (secondary N) is 1. The van der Waals surface area contributed by atoms with Crippen molar-refractivity contribution in [2.24, 2.45) is 0 Å². The van der Waals surface area contributed by atoms with Gasteiger partial charge in [-0.2, -0.15) is 5.10 Å². The third-order valence-electron chi connectivity index (χ3n) is 3.02. The van der Waals surface area contributed by atoms with E-state index < -0.39 is 0 Å². The van der Waals surface area contributed by atoms with Crippen LogP contribution in [0.5, 0.6) is 0 Å². The van der Waals surface area contributed by atoms with Gasteiger partial charge in [0.05, 0.1) is 12.2 Å². The van der Waals surface area contributed by atoms with Crippen LogP contribution in [0.15, 0.2) is 37.2 Å². The molecule has 3 aromatic heterocycles. The number of aryl methyl sites for hydroxylation is 1. The molecule has 0 saturated carbocycles. The molecule has 0 spiro atoms. The van der Waals surface area contributed by atoms with E-state index in [1.54, 1.807) is 23.7 Å². The molecule has 1 amide bonds. The van der Waals surface area contributed by atoms with E-state index in [2.05, 4.69) is 25.4 Å². The highest BCUT2D eigenvalue weighted by molar-refractivity contribution is 7.15. The molecule has 0 aliphatic rings. The first kappa shape index (κ1) is 14.3. The normalized spacial score (nSPS) is 10.6. The number of nitrogens with zero attached hydrogens (tertiary/aromatic N) is 5. The fourth-order valence-corrected chi connectivity index (χ4v) is 2.89. The largest absolute Gasteiger partial charge is 0.350 e. The van der Waals surface area contributed by atoms with Crippen molar-refractivity contribution in [2.45, 2.75) is 20.0 Å². The number of thiazole rings is 1. The van der Waals surface area contributed by atoms with E-state index in [4.69, 9.17) is 0 Å². The van der Waals surface area contributed by atoms with Crippen LogP contribution < -0.4 is 5.32 Å². The first-order chi connectivity index (χ1) is 10.7. The summed E-state index contributed by atoms with van der Waals surface area (Å²) in [5.74, 6) is -0.110. The Morgan fingerprint density at radius 1 is 1.41 bits per heavy atom. The second kappa shape index (κ2) is 6.44. The minimum absolute atomic E-state index is 0.110. The summed E-state index contributed by atoms with van der Waals surface area (Å²) < 4.78 is 1.48. The summed E-state index contributed by atoms with van der Waals surface area (Å²) in [4.78, 5) is 25.3. The second-order valence-electron chi connectivity index (χ2n) is 4.64. The van der Waals surface area contributed by atoms with Gasteiger partial charge < -0.3 is 5.32 Å². The summed E-state index contributed by atoms with van der Waals surface area (Å²) in [5, 5.41) is 7.68. The summed E-state index contributed by atoms with van der Waals surface area (Å²) in [6, 6.07) is 3.85. The zero-order chi connectivity index (χ0) is 15.4. The predicted octanol–water partition coefficient (Wildman–Crippen LogP) is 1.42. The van der Waals surface area contributed by atoms with E-state index in [1.165, 1.54) is 17.3 Å². The first-order valence-corrected chi connectivity index (χ1v) is 7.50. The third-order valence-corrected chi connectivity index (χ3v) is 4.23. The van der Waals surface area contributed by atoms with E-state index in [0.717, 1.165) is 21.1 Å². The van der Waals surface area contributed by atoms with Crippen LogP contribution in [0.3, 0.4) is 0 Å². The third kappa shape index (κ3) is 3.34. The molecule has 7 nitrogen and oxygen atoms in total. The van der Waals surface area contributed by atoms with Crippen LogP contribution in [-0.4, -0.2) is 30.6 Å². The molecule has 0 bridgehead atoms. The number of hydrogen-bond donors (Lipinski definition) is 1. The zero-order valence-electron chi connectivity index (χ0n) is 11.9. The van der Waals surface area contributed by atoms with Gasteiger partial charge >= 0.3 is 0 Å². The lowest BCUT2D eigenvalue weighted by molar-refractivity contribution is -0.122. The van der Waals surface area contributed by atoms with Gasteiger partial charge in [-0.3, -0.25) is 9.78 Å². The van der Waals surface area contributed by atoms with Gasteiger partial charge in [0, 0.05) is 22.8 Å². The minimum atomic E-state index is -0.110. The first-order valence-electron chi connectivity index (χ1n) is 6.68. The summed E-state index contributed by atoms with van der Waals surface area (Å²) in [6.45, 7) is 2.56. The quantitative estimate of drug-likeness (QED) is 0.770. The predicted molar refractivity (Wildman–Crippen MR) is 82.0 cm³/mol. The highest BCUT2D eigenvalue weighted by Gasteiger charge is 2.11. The van der Waals surface area contributed by atoms with Gasteiger partial charge in [0.25, 0.3) is 0 Å². The molecule has 3 rings (SSSR count). The Hall–Kier alpha value is -2.61. The van der Waals surface area contributed by atoms with E-state index in [9.17, 15) is 4.79 Å². The fourth-order valence-electron chi connectivity index (χ4n) is 1.90. The van der Waals surface area contributed by atoms with Crippen molar-refractivity contribution in [1.82, 2.24) is 30.0 Å². The van der Waals surface area contributed by atoms with Crippen LogP contribution in [0.2, 0.25) is 0 Å². The number of rotatable bonds is 5. The molecule has 3 aromatic rings. The Kier molecular flexibility index (Phi) is 4.19. The van der Waals surface area contributed by atoms with Crippen molar-refractivity contribution >= 4 is 17.2 Å². The van der Waals surface area contributed by atoms with Gasteiger partial charge in [0.1, 0.15) is 24.2 Å². The van der Waals surface area contributed by atoms with E-state index in [0.29, 0.717) is 6.54 Å². The minimum Gasteiger partial charge on any atom is -0.350 e. The molecule has 0 saturated heterocycles. The molecule has 8 heteroatoms. The van der Waals surface area contributed by atoms with Crippen LogP contribution in [0.25, 0.3) is 10.6 Å². The van der Waals surface area contributed by atoms with Crippen molar-refractivity contribution < 1.29 is 4.79 Å². The molecule has 112 valence electrons. The molecule has 0 fully saturated rings. The van der Waals surface area contributed by atoms with Gasteiger partial charge in [-0.1, -0.05) is 0 Å². The van der Waals surface area contributed by atoms with Crippen molar-refractivity contribution in [3.05, 3.63) is 47.8 Å². The Balaban J connectivity index is 1.63. The van der Waals surface area contributed by atoms with Crippen LogP contribution in [0, 0.1) is 6.92 Å². The summed E-state index contributed by atoms with van der Waals surface area (Å²) in [5.41, 5.74) is 1.90. The Bertz CT molecular complexity index is 753. The van der Waals surface area contributed by atoms with Gasteiger partial charge in [-0.05, 0) is 19.1 Å². The maximum absolute atomic E-state index is 11.8. The standard InChI is InChI=1S/C14H14N6OS/c1-10-12(6-17-13(21)7-20-9-16-8-18-20)22-14(19-10)11-3-2-4-15-5-11/h2-5,8-9H,6-7H2,1H3,(H,17,21). The lowest BCUT2D eigenvalue weighted by Crippen LogP contribution is -2.27. The summed E-state index contributed by atoms with van der Waals surface area (Å²) in [6.07, 6.45) is 6.43. The number of amides is 1. The van der Waals surface area contributed by atoms with E-state index in [-0.39, 0.29) is 12.5 Å². The Morgan fingerprint density at radius 2 is 2.32 bits per heavy atom. The lowest BCUT2D eigenvalue weighted by atomic mass is 10.3. The lowest BCUT2D eigenvalue weighted by Gasteiger charge is -2.03.